The maximum absolute atomic E-state index is 11.9. The molecule has 0 fully saturated rings. The Morgan fingerprint density at radius 2 is 2.16 bits per heavy atom. The number of halogens is 1. The molecule has 0 aliphatic heterocycles. The van der Waals surface area contributed by atoms with Gasteiger partial charge in [-0.3, -0.25) is 9.78 Å². The quantitative estimate of drug-likeness (QED) is 0.780. The summed E-state index contributed by atoms with van der Waals surface area (Å²) in [6.45, 7) is 2.00. The second-order valence-electron chi connectivity index (χ2n) is 4.96. The zero-order valence-electron chi connectivity index (χ0n) is 10.7. The van der Waals surface area contributed by atoms with E-state index in [-0.39, 0.29) is 11.7 Å². The SMILES string of the molecule is Cc1cc([C@H]2CCC(=O)c3ncccc32)ccc1Cl. The van der Waals surface area contributed by atoms with E-state index in [1.54, 1.807) is 6.20 Å². The first kappa shape index (κ1) is 12.4. The third kappa shape index (κ3) is 2.17. The molecule has 2 aromatic rings. The summed E-state index contributed by atoms with van der Waals surface area (Å²) in [5, 5.41) is 0.780. The van der Waals surface area contributed by atoms with Crippen LogP contribution in [-0.2, 0) is 0 Å². The minimum atomic E-state index is 0.150. The van der Waals surface area contributed by atoms with E-state index in [4.69, 9.17) is 11.6 Å². The van der Waals surface area contributed by atoms with Crippen molar-refractivity contribution in [2.45, 2.75) is 25.7 Å². The minimum absolute atomic E-state index is 0.150. The van der Waals surface area contributed by atoms with Gasteiger partial charge in [0, 0.05) is 23.6 Å². The molecule has 96 valence electrons. The Balaban J connectivity index is 2.09. The number of hydrogen-bond donors (Lipinski definition) is 0. The predicted octanol–water partition coefficient (Wildman–Crippen LogP) is 4.15. The lowest BCUT2D eigenvalue weighted by Gasteiger charge is -2.24. The molecule has 2 nitrogen and oxygen atoms in total. The molecule has 0 bridgehead atoms. The van der Waals surface area contributed by atoms with Gasteiger partial charge < -0.3 is 0 Å². The van der Waals surface area contributed by atoms with E-state index in [1.807, 2.05) is 31.2 Å². The van der Waals surface area contributed by atoms with Gasteiger partial charge in [0.1, 0.15) is 5.69 Å². The molecule has 0 spiro atoms. The van der Waals surface area contributed by atoms with Crippen LogP contribution in [0.5, 0.6) is 0 Å². The number of nitrogens with zero attached hydrogens (tertiary/aromatic N) is 1. The molecule has 3 heteroatoms. The van der Waals surface area contributed by atoms with Crippen LogP contribution >= 0.6 is 11.6 Å². The first-order valence-corrected chi connectivity index (χ1v) is 6.79. The molecule has 0 amide bonds. The summed E-state index contributed by atoms with van der Waals surface area (Å²) in [6.07, 6.45) is 3.10. The average molecular weight is 272 g/mol. The van der Waals surface area contributed by atoms with Crippen molar-refractivity contribution in [3.05, 3.63) is 63.9 Å². The molecule has 0 saturated heterocycles. The van der Waals surface area contributed by atoms with Gasteiger partial charge in [-0.05, 0) is 42.2 Å². The van der Waals surface area contributed by atoms with Crippen molar-refractivity contribution in [2.75, 3.05) is 0 Å². The largest absolute Gasteiger partial charge is 0.292 e. The standard InChI is InChI=1S/C16H14ClNO/c1-10-9-11(4-6-14(10)17)12-5-7-15(19)16-13(12)3-2-8-18-16/h2-4,6,8-9,12H,5,7H2,1H3/t12-/m1/s1. The van der Waals surface area contributed by atoms with E-state index in [0.29, 0.717) is 12.1 Å². The first-order chi connectivity index (χ1) is 9.16. The van der Waals surface area contributed by atoms with E-state index in [0.717, 1.165) is 22.6 Å². The molecular formula is C16H14ClNO. The summed E-state index contributed by atoms with van der Waals surface area (Å²) in [7, 11) is 0. The van der Waals surface area contributed by atoms with Crippen LogP contribution in [0, 0.1) is 6.92 Å². The molecule has 0 unspecified atom stereocenters. The van der Waals surface area contributed by atoms with Crippen molar-refractivity contribution < 1.29 is 4.79 Å². The van der Waals surface area contributed by atoms with Crippen molar-refractivity contribution in [3.63, 3.8) is 0 Å². The van der Waals surface area contributed by atoms with Crippen LogP contribution in [0.3, 0.4) is 0 Å². The van der Waals surface area contributed by atoms with Crippen molar-refractivity contribution in [3.8, 4) is 0 Å². The van der Waals surface area contributed by atoms with Crippen LogP contribution in [0.1, 0.15) is 45.9 Å². The zero-order chi connectivity index (χ0) is 13.4. The normalized spacial score (nSPS) is 18.2. The van der Waals surface area contributed by atoms with Crippen molar-refractivity contribution in [1.29, 1.82) is 0 Å². The molecular weight excluding hydrogens is 258 g/mol. The van der Waals surface area contributed by atoms with E-state index in [2.05, 4.69) is 11.1 Å². The summed E-state index contributed by atoms with van der Waals surface area (Å²) in [6, 6.07) is 9.99. The third-order valence-corrected chi connectivity index (χ3v) is 4.15. The topological polar surface area (TPSA) is 30.0 Å². The predicted molar refractivity (Wildman–Crippen MR) is 75.8 cm³/mol. The number of fused-ring (bicyclic) bond motifs is 1. The van der Waals surface area contributed by atoms with Crippen LogP contribution in [0.15, 0.2) is 36.5 Å². The van der Waals surface area contributed by atoms with Crippen LogP contribution < -0.4 is 0 Å². The Kier molecular flexibility index (Phi) is 3.11. The number of benzene rings is 1. The first-order valence-electron chi connectivity index (χ1n) is 6.41. The van der Waals surface area contributed by atoms with Gasteiger partial charge in [0.15, 0.2) is 5.78 Å². The number of aromatic nitrogens is 1. The van der Waals surface area contributed by atoms with Gasteiger partial charge in [0.05, 0.1) is 0 Å². The lowest BCUT2D eigenvalue weighted by molar-refractivity contribution is 0.0964. The maximum atomic E-state index is 11.9. The molecule has 0 saturated carbocycles. The van der Waals surface area contributed by atoms with Gasteiger partial charge in [0.2, 0.25) is 0 Å². The Hall–Kier alpha value is -1.67. The van der Waals surface area contributed by atoms with Crippen LogP contribution in [0.2, 0.25) is 5.02 Å². The molecule has 0 N–H and O–H groups in total. The fourth-order valence-corrected chi connectivity index (χ4v) is 2.83. The monoisotopic (exact) mass is 271 g/mol. The van der Waals surface area contributed by atoms with E-state index in [9.17, 15) is 4.79 Å². The molecule has 19 heavy (non-hydrogen) atoms. The highest BCUT2D eigenvalue weighted by molar-refractivity contribution is 6.31. The number of rotatable bonds is 1. The molecule has 1 aliphatic rings. The third-order valence-electron chi connectivity index (χ3n) is 3.72. The Morgan fingerprint density at radius 3 is 2.95 bits per heavy atom. The minimum Gasteiger partial charge on any atom is -0.292 e. The lowest BCUT2D eigenvalue weighted by Crippen LogP contribution is -2.18. The highest BCUT2D eigenvalue weighted by Gasteiger charge is 2.27. The Labute approximate surface area is 117 Å². The summed E-state index contributed by atoms with van der Waals surface area (Å²) in [4.78, 5) is 16.1. The molecule has 3 rings (SSSR count). The van der Waals surface area contributed by atoms with Crippen molar-refractivity contribution in [2.24, 2.45) is 0 Å². The Morgan fingerprint density at radius 1 is 1.32 bits per heavy atom. The summed E-state index contributed by atoms with van der Waals surface area (Å²) in [5.41, 5.74) is 3.96. The summed E-state index contributed by atoms with van der Waals surface area (Å²) >= 11 is 6.08. The Bertz CT molecular complexity index is 651. The van der Waals surface area contributed by atoms with Gasteiger partial charge in [-0.2, -0.15) is 0 Å². The van der Waals surface area contributed by atoms with Gasteiger partial charge in [-0.15, -0.1) is 0 Å². The number of carbonyl (C=O) groups excluding carboxylic acids is 1. The van der Waals surface area contributed by atoms with E-state index < -0.39 is 0 Å². The highest BCUT2D eigenvalue weighted by atomic mass is 35.5. The van der Waals surface area contributed by atoms with Gasteiger partial charge in [-0.25, -0.2) is 0 Å². The van der Waals surface area contributed by atoms with Crippen LogP contribution in [0.4, 0.5) is 0 Å². The molecule has 1 aliphatic carbocycles. The number of Topliss-reactive ketones (excluding diaryl/α,β-unsaturated/α-hetero) is 1. The fraction of sp³-hybridized carbons (Fsp3) is 0.250. The molecule has 1 aromatic carbocycles. The highest BCUT2D eigenvalue weighted by Crippen LogP contribution is 2.36. The van der Waals surface area contributed by atoms with Gasteiger partial charge >= 0.3 is 0 Å². The molecule has 1 atom stereocenters. The summed E-state index contributed by atoms with van der Waals surface area (Å²) in [5.74, 6) is 0.398. The molecule has 0 radical (unpaired) electrons. The summed E-state index contributed by atoms with van der Waals surface area (Å²) < 4.78 is 0. The molecule has 1 aromatic heterocycles. The number of aryl methyl sites for hydroxylation is 1. The smallest absolute Gasteiger partial charge is 0.181 e. The van der Waals surface area contributed by atoms with E-state index in [1.165, 1.54) is 5.56 Å². The van der Waals surface area contributed by atoms with Crippen molar-refractivity contribution >= 4 is 17.4 Å². The van der Waals surface area contributed by atoms with Crippen LogP contribution in [0.25, 0.3) is 0 Å². The number of pyridine rings is 1. The average Bonchev–Trinajstić information content (AvgIpc) is 2.43. The molecule has 1 heterocycles. The van der Waals surface area contributed by atoms with Gasteiger partial charge in [0.25, 0.3) is 0 Å². The zero-order valence-corrected chi connectivity index (χ0v) is 11.4. The lowest BCUT2D eigenvalue weighted by atomic mass is 9.80. The second-order valence-corrected chi connectivity index (χ2v) is 5.37. The second kappa shape index (κ2) is 4.78. The van der Waals surface area contributed by atoms with Crippen LogP contribution in [-0.4, -0.2) is 10.8 Å². The maximum Gasteiger partial charge on any atom is 0.181 e. The number of carbonyl (C=O) groups is 1. The fourth-order valence-electron chi connectivity index (χ4n) is 2.71. The van der Waals surface area contributed by atoms with Gasteiger partial charge in [-0.1, -0.05) is 29.8 Å². The van der Waals surface area contributed by atoms with Crippen molar-refractivity contribution in [1.82, 2.24) is 4.98 Å². The number of hydrogen-bond acceptors (Lipinski definition) is 2. The van der Waals surface area contributed by atoms with E-state index >= 15 is 0 Å². The number of ketones is 1.